The number of sulfonamides is 2. The molecule has 0 fully saturated rings. The largest absolute Gasteiger partial charge is 0.299 e. The van der Waals surface area contributed by atoms with Gasteiger partial charge in [0.1, 0.15) is 0 Å². The van der Waals surface area contributed by atoms with Gasteiger partial charge in [-0.25, -0.2) is 27.1 Å². The molecule has 0 amide bonds. The van der Waals surface area contributed by atoms with Crippen molar-refractivity contribution in [3.05, 3.63) is 58.7 Å². The molecule has 10 heteroatoms. The highest BCUT2D eigenvalue weighted by molar-refractivity contribution is 7.89. The van der Waals surface area contributed by atoms with Gasteiger partial charge >= 0.3 is 0 Å². The van der Waals surface area contributed by atoms with Gasteiger partial charge < -0.3 is 0 Å². The van der Waals surface area contributed by atoms with Crippen LogP contribution >= 0.6 is 0 Å². The Morgan fingerprint density at radius 3 is 1.41 bits per heavy atom. The molecule has 0 saturated heterocycles. The van der Waals surface area contributed by atoms with Gasteiger partial charge in [-0.3, -0.25) is 9.80 Å². The number of nitrogens with zero attached hydrogens (tertiary/aromatic N) is 2. The van der Waals surface area contributed by atoms with Gasteiger partial charge in [-0.1, -0.05) is 25.0 Å². The summed E-state index contributed by atoms with van der Waals surface area (Å²) in [6.07, 6.45) is 6.41. The van der Waals surface area contributed by atoms with Crippen LogP contribution in [0.4, 0.5) is 0 Å². The highest BCUT2D eigenvalue weighted by Crippen LogP contribution is 2.24. The van der Waals surface area contributed by atoms with Crippen LogP contribution in [0, 0.1) is 0 Å². The number of nitrogens with two attached hydrogens (primary N) is 2. The van der Waals surface area contributed by atoms with Crippen LogP contribution in [0.1, 0.15) is 47.9 Å². The van der Waals surface area contributed by atoms with Crippen LogP contribution in [0.5, 0.6) is 0 Å². The van der Waals surface area contributed by atoms with Crippen molar-refractivity contribution in [1.29, 1.82) is 0 Å². The normalized spacial score (nSPS) is 17.4. The first-order valence-corrected chi connectivity index (χ1v) is 14.9. The first kappa shape index (κ1) is 25.3. The third-order valence-corrected chi connectivity index (χ3v) is 8.72. The van der Waals surface area contributed by atoms with E-state index in [0.29, 0.717) is 0 Å². The predicted molar refractivity (Wildman–Crippen MR) is 132 cm³/mol. The number of hydrogen-bond acceptors (Lipinski definition) is 6. The van der Waals surface area contributed by atoms with Crippen LogP contribution < -0.4 is 10.3 Å². The first-order valence-electron chi connectivity index (χ1n) is 11.8. The molecule has 0 radical (unpaired) electrons. The van der Waals surface area contributed by atoms with E-state index in [1.54, 1.807) is 24.3 Å². The zero-order valence-electron chi connectivity index (χ0n) is 19.4. The van der Waals surface area contributed by atoms with E-state index in [9.17, 15) is 16.8 Å². The minimum Gasteiger partial charge on any atom is -0.299 e. The van der Waals surface area contributed by atoms with E-state index in [4.69, 9.17) is 10.3 Å². The van der Waals surface area contributed by atoms with Gasteiger partial charge in [-0.2, -0.15) is 0 Å². The van der Waals surface area contributed by atoms with Gasteiger partial charge in [0.25, 0.3) is 0 Å². The molecule has 0 saturated carbocycles. The molecule has 0 bridgehead atoms. The molecule has 186 valence electrons. The fraction of sp³-hybridized carbons (Fsp3) is 0.500. The lowest BCUT2D eigenvalue weighted by atomic mass is 9.99. The average Bonchev–Trinajstić information content (AvgIpc) is 2.79. The molecule has 0 atom stereocenters. The monoisotopic (exact) mass is 506 g/mol. The molecule has 0 aromatic heterocycles. The Balaban J connectivity index is 1.17. The highest BCUT2D eigenvalue weighted by Gasteiger charge is 2.20. The Morgan fingerprint density at radius 2 is 1.03 bits per heavy atom. The summed E-state index contributed by atoms with van der Waals surface area (Å²) in [5, 5.41) is 10.6. The summed E-state index contributed by atoms with van der Waals surface area (Å²) in [6.45, 7) is 5.54. The lowest BCUT2D eigenvalue weighted by molar-refractivity contribution is 0.237. The van der Waals surface area contributed by atoms with E-state index < -0.39 is 20.0 Å². The maximum absolute atomic E-state index is 11.6. The van der Waals surface area contributed by atoms with Gasteiger partial charge in [0.15, 0.2) is 0 Å². The predicted octanol–water partition coefficient (Wildman–Crippen LogP) is 1.96. The molecule has 2 aliphatic heterocycles. The lowest BCUT2D eigenvalue weighted by Crippen LogP contribution is -2.32. The van der Waals surface area contributed by atoms with Gasteiger partial charge in [0, 0.05) is 26.2 Å². The molecule has 34 heavy (non-hydrogen) atoms. The molecule has 0 unspecified atom stereocenters. The minimum atomic E-state index is -3.67. The second-order valence-electron chi connectivity index (χ2n) is 9.42. The molecule has 2 aromatic rings. The maximum Gasteiger partial charge on any atom is 0.238 e. The third kappa shape index (κ3) is 6.44. The molecule has 2 aliphatic rings. The zero-order valence-corrected chi connectivity index (χ0v) is 21.1. The van der Waals surface area contributed by atoms with Crippen molar-refractivity contribution in [3.8, 4) is 0 Å². The second-order valence-corrected chi connectivity index (χ2v) is 12.5. The van der Waals surface area contributed by atoms with E-state index in [0.717, 1.165) is 88.9 Å². The first-order chi connectivity index (χ1) is 16.1. The van der Waals surface area contributed by atoms with Crippen molar-refractivity contribution >= 4 is 20.0 Å². The Kier molecular flexibility index (Phi) is 7.75. The standard InChI is InChI=1S/C24H34N4O4S2/c25-33(29,30)23-7-5-19-9-13-27(17-21(19)15-23)11-3-1-2-4-12-28-14-10-20-6-8-24(34(26,31)32)16-22(20)18-28/h5-8,15-16H,1-4,9-14,17-18H2,(H2,25,29,30)(H2,26,31,32). The van der Waals surface area contributed by atoms with Crippen molar-refractivity contribution < 1.29 is 16.8 Å². The summed E-state index contributed by atoms with van der Waals surface area (Å²) < 4.78 is 46.5. The molecule has 0 spiro atoms. The van der Waals surface area contributed by atoms with Crippen molar-refractivity contribution in [2.45, 2.75) is 61.4 Å². The molecule has 4 rings (SSSR count). The van der Waals surface area contributed by atoms with E-state index in [1.807, 2.05) is 12.1 Å². The smallest absolute Gasteiger partial charge is 0.238 e. The number of unbranched alkanes of at least 4 members (excludes halogenated alkanes) is 3. The van der Waals surface area contributed by atoms with Crippen molar-refractivity contribution in [1.82, 2.24) is 9.80 Å². The molecule has 8 nitrogen and oxygen atoms in total. The van der Waals surface area contributed by atoms with E-state index in [2.05, 4.69) is 9.80 Å². The van der Waals surface area contributed by atoms with Gasteiger partial charge in [0.2, 0.25) is 20.0 Å². The fourth-order valence-electron chi connectivity index (χ4n) is 4.94. The van der Waals surface area contributed by atoms with Gasteiger partial charge in [-0.05, 0) is 85.3 Å². The van der Waals surface area contributed by atoms with Gasteiger partial charge in [0.05, 0.1) is 9.79 Å². The summed E-state index contributed by atoms with van der Waals surface area (Å²) in [6, 6.07) is 10.4. The Hall–Kier alpha value is -1.82. The summed E-state index contributed by atoms with van der Waals surface area (Å²) >= 11 is 0. The summed E-state index contributed by atoms with van der Waals surface area (Å²) in [5.74, 6) is 0. The average molecular weight is 507 g/mol. The highest BCUT2D eigenvalue weighted by atomic mass is 32.2. The molecule has 0 aliphatic carbocycles. The molecular formula is C24H34N4O4S2. The Labute approximate surface area is 203 Å². The fourth-order valence-corrected chi connectivity index (χ4v) is 6.07. The zero-order chi connectivity index (χ0) is 24.3. The van der Waals surface area contributed by atoms with Crippen molar-refractivity contribution in [2.75, 3.05) is 26.2 Å². The summed E-state index contributed by atoms with van der Waals surface area (Å²) in [4.78, 5) is 5.16. The van der Waals surface area contributed by atoms with Crippen LogP contribution in [-0.4, -0.2) is 52.8 Å². The second kappa shape index (κ2) is 10.4. The van der Waals surface area contributed by atoms with Crippen LogP contribution in [0.3, 0.4) is 0 Å². The van der Waals surface area contributed by atoms with Gasteiger partial charge in [-0.15, -0.1) is 0 Å². The number of benzene rings is 2. The third-order valence-electron chi connectivity index (χ3n) is 6.89. The van der Waals surface area contributed by atoms with E-state index >= 15 is 0 Å². The quantitative estimate of drug-likeness (QED) is 0.501. The lowest BCUT2D eigenvalue weighted by Gasteiger charge is -2.29. The molecule has 2 heterocycles. The number of rotatable bonds is 9. The van der Waals surface area contributed by atoms with Crippen molar-refractivity contribution in [2.24, 2.45) is 10.3 Å². The summed E-state index contributed by atoms with van der Waals surface area (Å²) in [7, 11) is -7.34. The maximum atomic E-state index is 11.6. The number of fused-ring (bicyclic) bond motifs is 2. The van der Waals surface area contributed by atoms with Crippen LogP contribution in [0.15, 0.2) is 46.2 Å². The Morgan fingerprint density at radius 1 is 0.618 bits per heavy atom. The molecular weight excluding hydrogens is 472 g/mol. The number of primary sulfonamides is 2. The molecule has 2 aromatic carbocycles. The van der Waals surface area contributed by atoms with E-state index in [1.165, 1.54) is 11.1 Å². The minimum absolute atomic E-state index is 0.189. The van der Waals surface area contributed by atoms with Crippen LogP contribution in [-0.2, 0) is 46.0 Å². The summed E-state index contributed by atoms with van der Waals surface area (Å²) in [5.41, 5.74) is 4.55. The van der Waals surface area contributed by atoms with E-state index in [-0.39, 0.29) is 9.79 Å². The topological polar surface area (TPSA) is 127 Å². The SMILES string of the molecule is NS(=O)(=O)c1ccc2c(c1)CN(CCCCCCN1CCc3ccc(S(N)(=O)=O)cc3C1)CC2. The van der Waals surface area contributed by atoms with Crippen LogP contribution in [0.2, 0.25) is 0 Å². The molecule has 4 N–H and O–H groups in total. The Bertz CT molecular complexity index is 1150. The number of hydrogen-bond donors (Lipinski definition) is 2. The van der Waals surface area contributed by atoms with Crippen LogP contribution in [0.25, 0.3) is 0 Å². The van der Waals surface area contributed by atoms with Crippen molar-refractivity contribution in [3.63, 3.8) is 0 Å².